The van der Waals surface area contributed by atoms with Crippen LogP contribution < -0.4 is 5.32 Å². The molecule has 0 aromatic heterocycles. The van der Waals surface area contributed by atoms with E-state index in [1.807, 2.05) is 0 Å². The van der Waals surface area contributed by atoms with E-state index in [2.05, 4.69) is 5.32 Å². The van der Waals surface area contributed by atoms with Crippen LogP contribution in [0.1, 0.15) is 26.2 Å². The van der Waals surface area contributed by atoms with E-state index in [1.54, 1.807) is 30.0 Å². The summed E-state index contributed by atoms with van der Waals surface area (Å²) < 4.78 is 0. The molecule has 1 unspecified atom stereocenters. The summed E-state index contributed by atoms with van der Waals surface area (Å²) >= 11 is 11.8. The number of likely N-dealkylation sites (tertiary alicyclic amines) is 1. The van der Waals surface area contributed by atoms with Gasteiger partial charge in [0.1, 0.15) is 6.04 Å². The lowest BCUT2D eigenvalue weighted by Crippen LogP contribution is -2.42. The summed E-state index contributed by atoms with van der Waals surface area (Å²) in [5, 5.41) is 3.69. The number of carbonyl (C=O) groups excluding carboxylic acids is 2. The number of hydrogen-bond acceptors (Lipinski definition) is 2. The molecule has 0 radical (unpaired) electrons. The van der Waals surface area contributed by atoms with Gasteiger partial charge in [0.05, 0.1) is 0 Å². The van der Waals surface area contributed by atoms with Gasteiger partial charge in [0.25, 0.3) is 0 Å². The first-order chi connectivity index (χ1) is 9.51. The Bertz CT molecular complexity index is 514. The van der Waals surface area contributed by atoms with Crippen molar-refractivity contribution >= 4 is 40.7 Å². The van der Waals surface area contributed by atoms with Gasteiger partial charge in [0.2, 0.25) is 11.8 Å². The number of carbonyl (C=O) groups is 2. The normalized spacial score (nSPS) is 18.1. The predicted molar refractivity (Wildman–Crippen MR) is 80.1 cm³/mol. The Hall–Kier alpha value is -1.26. The second-order valence-electron chi connectivity index (χ2n) is 4.75. The van der Waals surface area contributed by atoms with Crippen molar-refractivity contribution in [1.29, 1.82) is 0 Å². The number of hydrogen-bond donors (Lipinski definition) is 1. The summed E-state index contributed by atoms with van der Waals surface area (Å²) in [5.41, 5.74) is 0.545. The number of rotatable bonds is 3. The first kappa shape index (κ1) is 15.1. The fourth-order valence-corrected chi connectivity index (χ4v) is 2.92. The summed E-state index contributed by atoms with van der Waals surface area (Å²) in [5.74, 6) is -0.186. The van der Waals surface area contributed by atoms with E-state index < -0.39 is 6.04 Å². The van der Waals surface area contributed by atoms with Crippen LogP contribution in [0.2, 0.25) is 10.0 Å². The Labute approximate surface area is 128 Å². The van der Waals surface area contributed by atoms with Crippen molar-refractivity contribution in [2.75, 3.05) is 11.9 Å². The third kappa shape index (κ3) is 3.44. The van der Waals surface area contributed by atoms with Gasteiger partial charge in [0.15, 0.2) is 0 Å². The van der Waals surface area contributed by atoms with E-state index in [9.17, 15) is 9.59 Å². The molecule has 0 saturated carbocycles. The van der Waals surface area contributed by atoms with Gasteiger partial charge in [-0.1, -0.05) is 30.1 Å². The average Bonchev–Trinajstić information content (AvgIpc) is 2.85. The van der Waals surface area contributed by atoms with Crippen LogP contribution in [-0.2, 0) is 9.59 Å². The van der Waals surface area contributed by atoms with Crippen LogP contribution in [0.4, 0.5) is 5.69 Å². The highest BCUT2D eigenvalue weighted by Gasteiger charge is 2.33. The Morgan fingerprint density at radius 3 is 2.55 bits per heavy atom. The molecule has 0 spiro atoms. The minimum atomic E-state index is -0.403. The number of nitrogens with one attached hydrogen (secondary N) is 1. The van der Waals surface area contributed by atoms with Crippen molar-refractivity contribution in [2.45, 2.75) is 32.2 Å². The van der Waals surface area contributed by atoms with Gasteiger partial charge < -0.3 is 10.2 Å². The third-order valence-electron chi connectivity index (χ3n) is 3.31. The lowest BCUT2D eigenvalue weighted by Gasteiger charge is -2.23. The Kier molecular flexibility index (Phi) is 4.89. The number of amides is 2. The second kappa shape index (κ2) is 6.46. The molecule has 2 rings (SSSR count). The van der Waals surface area contributed by atoms with Gasteiger partial charge >= 0.3 is 0 Å². The van der Waals surface area contributed by atoms with Crippen LogP contribution in [0.25, 0.3) is 0 Å². The van der Waals surface area contributed by atoms with Crippen LogP contribution in [0.5, 0.6) is 0 Å². The summed E-state index contributed by atoms with van der Waals surface area (Å²) in [6.45, 7) is 2.44. The van der Waals surface area contributed by atoms with Gasteiger partial charge in [-0.25, -0.2) is 0 Å². The zero-order chi connectivity index (χ0) is 14.7. The van der Waals surface area contributed by atoms with Gasteiger partial charge in [-0.15, -0.1) is 0 Å². The number of nitrogens with zero attached hydrogens (tertiary/aromatic N) is 1. The number of benzene rings is 1. The second-order valence-corrected chi connectivity index (χ2v) is 5.62. The highest BCUT2D eigenvalue weighted by atomic mass is 35.5. The zero-order valence-electron chi connectivity index (χ0n) is 11.2. The molecule has 1 atom stereocenters. The third-order valence-corrected chi connectivity index (χ3v) is 3.74. The molecular weight excluding hydrogens is 299 g/mol. The Morgan fingerprint density at radius 1 is 1.30 bits per heavy atom. The Balaban J connectivity index is 2.09. The van der Waals surface area contributed by atoms with Gasteiger partial charge in [-0.05, 0) is 31.0 Å². The average molecular weight is 315 g/mol. The lowest BCUT2D eigenvalue weighted by molar-refractivity contribution is -0.136. The van der Waals surface area contributed by atoms with Crippen molar-refractivity contribution in [1.82, 2.24) is 4.90 Å². The van der Waals surface area contributed by atoms with Crippen LogP contribution >= 0.6 is 23.2 Å². The number of anilines is 1. The van der Waals surface area contributed by atoms with Crippen LogP contribution in [0, 0.1) is 0 Å². The summed E-state index contributed by atoms with van der Waals surface area (Å²) in [4.78, 5) is 25.7. The minimum Gasteiger partial charge on any atom is -0.331 e. The molecule has 1 N–H and O–H groups in total. The van der Waals surface area contributed by atoms with Crippen LogP contribution in [0.3, 0.4) is 0 Å². The minimum absolute atomic E-state index is 0.00627. The SMILES string of the molecule is CCC(=O)N1CCCC1C(=O)Nc1cc(Cl)cc(Cl)c1. The van der Waals surface area contributed by atoms with E-state index in [-0.39, 0.29) is 11.8 Å². The molecule has 108 valence electrons. The van der Waals surface area contributed by atoms with Crippen LogP contribution in [0.15, 0.2) is 18.2 Å². The monoisotopic (exact) mass is 314 g/mol. The molecule has 4 nitrogen and oxygen atoms in total. The van der Waals surface area contributed by atoms with Crippen molar-refractivity contribution in [3.8, 4) is 0 Å². The van der Waals surface area contributed by atoms with E-state index >= 15 is 0 Å². The quantitative estimate of drug-likeness (QED) is 0.930. The highest BCUT2D eigenvalue weighted by Crippen LogP contribution is 2.24. The molecular formula is C14H16Cl2N2O2. The molecule has 0 aliphatic carbocycles. The Morgan fingerprint density at radius 2 is 1.95 bits per heavy atom. The smallest absolute Gasteiger partial charge is 0.247 e. The zero-order valence-corrected chi connectivity index (χ0v) is 12.7. The molecule has 1 saturated heterocycles. The molecule has 1 aromatic rings. The molecule has 20 heavy (non-hydrogen) atoms. The topological polar surface area (TPSA) is 49.4 Å². The van der Waals surface area contributed by atoms with Crippen molar-refractivity contribution < 1.29 is 9.59 Å². The van der Waals surface area contributed by atoms with E-state index in [0.29, 0.717) is 35.1 Å². The van der Waals surface area contributed by atoms with Gasteiger partial charge in [0, 0.05) is 28.7 Å². The first-order valence-electron chi connectivity index (χ1n) is 6.57. The van der Waals surface area contributed by atoms with Crippen LogP contribution in [-0.4, -0.2) is 29.3 Å². The summed E-state index contributed by atoms with van der Waals surface area (Å²) in [6.07, 6.45) is 1.94. The largest absolute Gasteiger partial charge is 0.331 e. The fraction of sp³-hybridized carbons (Fsp3) is 0.429. The molecule has 1 aromatic carbocycles. The molecule has 1 aliphatic rings. The van der Waals surface area contributed by atoms with Crippen molar-refractivity contribution in [3.63, 3.8) is 0 Å². The lowest BCUT2D eigenvalue weighted by atomic mass is 10.2. The molecule has 1 aliphatic heterocycles. The van der Waals surface area contributed by atoms with E-state index in [4.69, 9.17) is 23.2 Å². The summed E-state index contributed by atoms with van der Waals surface area (Å²) in [7, 11) is 0. The maximum atomic E-state index is 12.3. The maximum Gasteiger partial charge on any atom is 0.247 e. The van der Waals surface area contributed by atoms with Gasteiger partial charge in [-0.2, -0.15) is 0 Å². The number of halogens is 2. The van der Waals surface area contributed by atoms with Gasteiger partial charge in [-0.3, -0.25) is 9.59 Å². The molecule has 1 heterocycles. The standard InChI is InChI=1S/C14H16Cl2N2O2/c1-2-13(19)18-5-3-4-12(18)14(20)17-11-7-9(15)6-10(16)8-11/h6-8,12H,2-5H2,1H3,(H,17,20). The van der Waals surface area contributed by atoms with Crippen molar-refractivity contribution in [2.24, 2.45) is 0 Å². The maximum absolute atomic E-state index is 12.3. The first-order valence-corrected chi connectivity index (χ1v) is 7.33. The van der Waals surface area contributed by atoms with E-state index in [0.717, 1.165) is 6.42 Å². The molecule has 6 heteroatoms. The molecule has 1 fully saturated rings. The predicted octanol–water partition coefficient (Wildman–Crippen LogP) is 3.33. The summed E-state index contributed by atoms with van der Waals surface area (Å²) in [6, 6.07) is 4.46. The highest BCUT2D eigenvalue weighted by molar-refractivity contribution is 6.35. The van der Waals surface area contributed by atoms with Crippen molar-refractivity contribution in [3.05, 3.63) is 28.2 Å². The van der Waals surface area contributed by atoms with E-state index in [1.165, 1.54) is 0 Å². The molecule has 2 amide bonds. The fourth-order valence-electron chi connectivity index (χ4n) is 2.39. The molecule has 0 bridgehead atoms.